The maximum absolute atomic E-state index is 4.54. The van der Waals surface area contributed by atoms with E-state index < -0.39 is 0 Å². The lowest BCUT2D eigenvalue weighted by molar-refractivity contribution is 0.509. The number of hydrogen-bond donors (Lipinski definition) is 0. The molecule has 1 heterocycles. The number of benzene rings is 1. The SMILES string of the molecule is CCC(C)(C)c1ccc(C(C)(C)C)c2nsnc12. The van der Waals surface area contributed by atoms with Crippen LogP contribution in [-0.2, 0) is 10.8 Å². The maximum atomic E-state index is 4.54. The van der Waals surface area contributed by atoms with E-state index >= 15 is 0 Å². The van der Waals surface area contributed by atoms with Crippen LogP contribution < -0.4 is 0 Å². The highest BCUT2D eigenvalue weighted by Crippen LogP contribution is 2.36. The number of rotatable bonds is 2. The van der Waals surface area contributed by atoms with Gasteiger partial charge in [-0.3, -0.25) is 0 Å². The van der Waals surface area contributed by atoms with Gasteiger partial charge < -0.3 is 0 Å². The fourth-order valence-electron chi connectivity index (χ4n) is 2.21. The first-order valence-electron chi connectivity index (χ1n) is 6.53. The zero-order valence-corrected chi connectivity index (χ0v) is 13.0. The summed E-state index contributed by atoms with van der Waals surface area (Å²) in [6, 6.07) is 4.48. The molecule has 0 aliphatic heterocycles. The average molecular weight is 262 g/mol. The minimum absolute atomic E-state index is 0.114. The molecule has 1 aromatic carbocycles. The minimum atomic E-state index is 0.114. The molecule has 18 heavy (non-hydrogen) atoms. The van der Waals surface area contributed by atoms with Gasteiger partial charge in [0.25, 0.3) is 0 Å². The lowest BCUT2D eigenvalue weighted by Crippen LogP contribution is -2.18. The van der Waals surface area contributed by atoms with Crippen LogP contribution in [0.3, 0.4) is 0 Å². The van der Waals surface area contributed by atoms with Crippen molar-refractivity contribution in [1.29, 1.82) is 0 Å². The number of aromatic nitrogens is 2. The van der Waals surface area contributed by atoms with Crippen molar-refractivity contribution in [2.45, 2.75) is 58.8 Å². The van der Waals surface area contributed by atoms with E-state index in [4.69, 9.17) is 0 Å². The Kier molecular flexibility index (Phi) is 3.22. The summed E-state index contributed by atoms with van der Waals surface area (Å²) in [6.45, 7) is 13.5. The highest BCUT2D eigenvalue weighted by Gasteiger charge is 2.26. The molecule has 98 valence electrons. The minimum Gasteiger partial charge on any atom is -0.173 e. The van der Waals surface area contributed by atoms with E-state index in [2.05, 4.69) is 62.4 Å². The van der Waals surface area contributed by atoms with Gasteiger partial charge in [0.1, 0.15) is 11.0 Å². The van der Waals surface area contributed by atoms with Crippen LogP contribution in [0.5, 0.6) is 0 Å². The van der Waals surface area contributed by atoms with Gasteiger partial charge in [-0.05, 0) is 28.4 Å². The van der Waals surface area contributed by atoms with E-state index in [0.29, 0.717) is 0 Å². The second-order valence-corrected chi connectivity index (χ2v) is 7.14. The summed E-state index contributed by atoms with van der Waals surface area (Å²) in [4.78, 5) is 0. The summed E-state index contributed by atoms with van der Waals surface area (Å²) >= 11 is 1.32. The van der Waals surface area contributed by atoms with Crippen LogP contribution in [-0.4, -0.2) is 8.75 Å². The molecular formula is C15H22N2S. The summed E-state index contributed by atoms with van der Waals surface area (Å²) in [5.74, 6) is 0. The molecule has 0 atom stereocenters. The third kappa shape index (κ3) is 2.16. The van der Waals surface area contributed by atoms with E-state index in [1.165, 1.54) is 22.9 Å². The smallest absolute Gasteiger partial charge is 0.108 e. The van der Waals surface area contributed by atoms with E-state index in [1.807, 2.05) is 0 Å². The van der Waals surface area contributed by atoms with Crippen LogP contribution in [0.25, 0.3) is 11.0 Å². The summed E-state index contributed by atoms with van der Waals surface area (Å²) < 4.78 is 9.06. The van der Waals surface area contributed by atoms with Gasteiger partial charge in [0.15, 0.2) is 0 Å². The Morgan fingerprint density at radius 3 is 1.94 bits per heavy atom. The second kappa shape index (κ2) is 4.30. The number of fused-ring (bicyclic) bond motifs is 1. The highest BCUT2D eigenvalue weighted by molar-refractivity contribution is 7.00. The van der Waals surface area contributed by atoms with E-state index in [0.717, 1.165) is 17.5 Å². The van der Waals surface area contributed by atoms with Gasteiger partial charge in [-0.1, -0.05) is 53.7 Å². The second-order valence-electron chi connectivity index (χ2n) is 6.61. The molecule has 0 N–H and O–H groups in total. The predicted molar refractivity (Wildman–Crippen MR) is 79.4 cm³/mol. The van der Waals surface area contributed by atoms with Crippen molar-refractivity contribution in [2.24, 2.45) is 0 Å². The first kappa shape index (κ1) is 13.5. The van der Waals surface area contributed by atoms with Crippen molar-refractivity contribution in [1.82, 2.24) is 8.75 Å². The molecule has 3 heteroatoms. The molecule has 2 aromatic rings. The fraction of sp³-hybridized carbons (Fsp3) is 0.600. The Morgan fingerprint density at radius 1 is 0.944 bits per heavy atom. The molecule has 0 fully saturated rings. The van der Waals surface area contributed by atoms with Crippen molar-refractivity contribution < 1.29 is 0 Å². The van der Waals surface area contributed by atoms with Gasteiger partial charge in [0.2, 0.25) is 0 Å². The highest BCUT2D eigenvalue weighted by atomic mass is 32.1. The molecule has 2 rings (SSSR count). The van der Waals surface area contributed by atoms with Crippen molar-refractivity contribution >= 4 is 22.8 Å². The van der Waals surface area contributed by atoms with Crippen molar-refractivity contribution in [2.75, 3.05) is 0 Å². The van der Waals surface area contributed by atoms with E-state index in [1.54, 1.807) is 0 Å². The summed E-state index contributed by atoms with van der Waals surface area (Å²) in [7, 11) is 0. The lowest BCUT2D eigenvalue weighted by Gasteiger charge is -2.26. The largest absolute Gasteiger partial charge is 0.173 e. The molecule has 1 aromatic heterocycles. The normalized spacial score (nSPS) is 13.2. The molecular weight excluding hydrogens is 240 g/mol. The molecule has 0 saturated heterocycles. The standard InChI is InChI=1S/C15H22N2S/c1-7-15(5,6)11-9-8-10(14(2,3)4)12-13(11)17-18-16-12/h8-9H,7H2,1-6H3. The Balaban J connectivity index is 2.73. The molecule has 0 bridgehead atoms. The van der Waals surface area contributed by atoms with Gasteiger partial charge in [0.05, 0.1) is 11.7 Å². The summed E-state index contributed by atoms with van der Waals surface area (Å²) in [5.41, 5.74) is 5.07. The van der Waals surface area contributed by atoms with Gasteiger partial charge in [-0.2, -0.15) is 8.75 Å². The van der Waals surface area contributed by atoms with Crippen LogP contribution in [0.4, 0.5) is 0 Å². The topological polar surface area (TPSA) is 25.8 Å². The van der Waals surface area contributed by atoms with Crippen molar-refractivity contribution in [3.05, 3.63) is 23.3 Å². The molecule has 0 unspecified atom stereocenters. The quantitative estimate of drug-likeness (QED) is 0.785. The Hall–Kier alpha value is -0.960. The van der Waals surface area contributed by atoms with E-state index in [9.17, 15) is 0 Å². The average Bonchev–Trinajstić information content (AvgIpc) is 2.74. The Bertz CT molecular complexity index is 561. The first-order chi connectivity index (χ1) is 8.27. The Labute approximate surface area is 114 Å². The van der Waals surface area contributed by atoms with E-state index in [-0.39, 0.29) is 10.8 Å². The van der Waals surface area contributed by atoms with Crippen LogP contribution in [0.2, 0.25) is 0 Å². The van der Waals surface area contributed by atoms with Crippen molar-refractivity contribution in [3.8, 4) is 0 Å². The molecule has 0 radical (unpaired) electrons. The van der Waals surface area contributed by atoms with Crippen LogP contribution in [0, 0.1) is 0 Å². The first-order valence-corrected chi connectivity index (χ1v) is 7.26. The molecule has 0 aliphatic rings. The van der Waals surface area contributed by atoms with Crippen LogP contribution in [0.15, 0.2) is 12.1 Å². The van der Waals surface area contributed by atoms with Gasteiger partial charge in [-0.15, -0.1) is 0 Å². The van der Waals surface area contributed by atoms with Gasteiger partial charge in [0, 0.05) is 0 Å². The zero-order valence-electron chi connectivity index (χ0n) is 12.2. The fourth-order valence-corrected chi connectivity index (χ4v) is 2.78. The number of hydrogen-bond acceptors (Lipinski definition) is 3. The third-order valence-corrected chi connectivity index (χ3v) is 4.36. The van der Waals surface area contributed by atoms with Gasteiger partial charge >= 0.3 is 0 Å². The predicted octanol–water partition coefficient (Wildman–Crippen LogP) is 4.68. The monoisotopic (exact) mass is 262 g/mol. The molecule has 0 aliphatic carbocycles. The molecule has 0 amide bonds. The molecule has 0 spiro atoms. The summed E-state index contributed by atoms with van der Waals surface area (Å²) in [6.07, 6.45) is 1.11. The van der Waals surface area contributed by atoms with Crippen molar-refractivity contribution in [3.63, 3.8) is 0 Å². The molecule has 0 saturated carbocycles. The van der Waals surface area contributed by atoms with Crippen LogP contribution in [0.1, 0.15) is 59.1 Å². The zero-order chi connectivity index (χ0) is 13.6. The summed E-state index contributed by atoms with van der Waals surface area (Å²) in [5, 5.41) is 0. The molecule has 2 nitrogen and oxygen atoms in total. The third-order valence-electron chi connectivity index (χ3n) is 3.84. The number of nitrogens with zero attached hydrogens (tertiary/aromatic N) is 2. The maximum Gasteiger partial charge on any atom is 0.108 e. The lowest BCUT2D eigenvalue weighted by atomic mass is 9.78. The van der Waals surface area contributed by atoms with Crippen LogP contribution >= 0.6 is 11.7 Å². The van der Waals surface area contributed by atoms with Gasteiger partial charge in [-0.25, -0.2) is 0 Å². The Morgan fingerprint density at radius 2 is 1.44 bits per heavy atom.